The van der Waals surface area contributed by atoms with Gasteiger partial charge in [-0.15, -0.1) is 0 Å². The number of carbonyl (C=O) groups is 1. The summed E-state index contributed by atoms with van der Waals surface area (Å²) in [6, 6.07) is 10.1. The molecule has 0 saturated carbocycles. The van der Waals surface area contributed by atoms with Crippen LogP contribution in [0.3, 0.4) is 0 Å². The van der Waals surface area contributed by atoms with E-state index < -0.39 is 0 Å². The van der Waals surface area contributed by atoms with Gasteiger partial charge < -0.3 is 10.6 Å². The predicted octanol–water partition coefficient (Wildman–Crippen LogP) is 2.00. The summed E-state index contributed by atoms with van der Waals surface area (Å²) in [7, 11) is 0. The number of amides is 1. The standard InChI is InChI=1S/C18H24N4O/c1-14-7-10-21(17(11-14)13-19)18(23)12-15-3-5-16(6-4-15)22-9-2-8-20-22/h2-6,8-9,14,17H,7,10-13,19H2,1H3. The molecule has 1 fully saturated rings. The molecular weight excluding hydrogens is 288 g/mol. The Balaban J connectivity index is 1.65. The van der Waals surface area contributed by atoms with Crippen molar-refractivity contribution in [2.45, 2.75) is 32.2 Å². The molecule has 5 nitrogen and oxygen atoms in total. The lowest BCUT2D eigenvalue weighted by Gasteiger charge is -2.38. The monoisotopic (exact) mass is 312 g/mol. The Labute approximate surface area is 137 Å². The highest BCUT2D eigenvalue weighted by Gasteiger charge is 2.28. The van der Waals surface area contributed by atoms with Crippen LogP contribution in [0.15, 0.2) is 42.7 Å². The quantitative estimate of drug-likeness (QED) is 0.939. The maximum Gasteiger partial charge on any atom is 0.227 e. The van der Waals surface area contributed by atoms with Crippen LogP contribution in [0.5, 0.6) is 0 Å². The van der Waals surface area contributed by atoms with E-state index in [1.165, 1.54) is 0 Å². The average Bonchev–Trinajstić information content (AvgIpc) is 3.09. The van der Waals surface area contributed by atoms with Crippen molar-refractivity contribution in [1.29, 1.82) is 0 Å². The third-order valence-corrected chi connectivity index (χ3v) is 4.63. The van der Waals surface area contributed by atoms with Crippen molar-refractivity contribution < 1.29 is 4.79 Å². The van der Waals surface area contributed by atoms with E-state index in [2.05, 4.69) is 12.0 Å². The van der Waals surface area contributed by atoms with Crippen molar-refractivity contribution >= 4 is 5.91 Å². The summed E-state index contributed by atoms with van der Waals surface area (Å²) in [6.45, 7) is 3.61. The van der Waals surface area contributed by atoms with E-state index in [4.69, 9.17) is 5.73 Å². The van der Waals surface area contributed by atoms with Crippen molar-refractivity contribution in [2.24, 2.45) is 11.7 Å². The minimum Gasteiger partial charge on any atom is -0.338 e. The first-order chi connectivity index (χ1) is 11.2. The first-order valence-electron chi connectivity index (χ1n) is 8.26. The third-order valence-electron chi connectivity index (χ3n) is 4.63. The molecule has 2 heterocycles. The average molecular weight is 312 g/mol. The second-order valence-electron chi connectivity index (χ2n) is 6.40. The Morgan fingerprint density at radius 3 is 2.78 bits per heavy atom. The minimum atomic E-state index is 0.180. The molecule has 0 radical (unpaired) electrons. The van der Waals surface area contributed by atoms with E-state index >= 15 is 0 Å². The number of rotatable bonds is 4. The van der Waals surface area contributed by atoms with Crippen molar-refractivity contribution in [3.8, 4) is 5.69 Å². The van der Waals surface area contributed by atoms with E-state index in [-0.39, 0.29) is 11.9 Å². The number of hydrogen-bond acceptors (Lipinski definition) is 3. The molecule has 1 saturated heterocycles. The molecule has 3 rings (SSSR count). The van der Waals surface area contributed by atoms with E-state index in [1.54, 1.807) is 6.20 Å². The molecule has 1 aliphatic rings. The van der Waals surface area contributed by atoms with Crippen LogP contribution in [-0.2, 0) is 11.2 Å². The highest BCUT2D eigenvalue weighted by molar-refractivity contribution is 5.79. The van der Waals surface area contributed by atoms with Gasteiger partial charge in [0, 0.05) is 31.5 Å². The molecular formula is C18H24N4O. The maximum absolute atomic E-state index is 12.6. The molecule has 0 bridgehead atoms. The topological polar surface area (TPSA) is 64.2 Å². The van der Waals surface area contributed by atoms with Gasteiger partial charge in [0.15, 0.2) is 0 Å². The second kappa shape index (κ2) is 6.96. The number of aromatic nitrogens is 2. The summed E-state index contributed by atoms with van der Waals surface area (Å²) in [4.78, 5) is 14.6. The first-order valence-corrected chi connectivity index (χ1v) is 8.26. The van der Waals surface area contributed by atoms with Crippen LogP contribution in [0.2, 0.25) is 0 Å². The molecule has 23 heavy (non-hydrogen) atoms. The van der Waals surface area contributed by atoms with Crippen LogP contribution < -0.4 is 5.73 Å². The Morgan fingerprint density at radius 2 is 2.13 bits per heavy atom. The fraction of sp³-hybridized carbons (Fsp3) is 0.444. The maximum atomic E-state index is 12.6. The number of nitrogens with zero attached hydrogens (tertiary/aromatic N) is 3. The van der Waals surface area contributed by atoms with Gasteiger partial charge in [0.2, 0.25) is 5.91 Å². The summed E-state index contributed by atoms with van der Waals surface area (Å²) in [5, 5.41) is 4.21. The number of carbonyl (C=O) groups excluding carboxylic acids is 1. The van der Waals surface area contributed by atoms with Crippen LogP contribution in [0.4, 0.5) is 0 Å². The zero-order valence-corrected chi connectivity index (χ0v) is 13.6. The highest BCUT2D eigenvalue weighted by Crippen LogP contribution is 2.22. The fourth-order valence-electron chi connectivity index (χ4n) is 3.27. The van der Waals surface area contributed by atoms with Gasteiger partial charge in [0.05, 0.1) is 12.1 Å². The van der Waals surface area contributed by atoms with Gasteiger partial charge in [-0.25, -0.2) is 4.68 Å². The molecule has 0 aliphatic carbocycles. The Kier molecular flexibility index (Phi) is 4.76. The van der Waals surface area contributed by atoms with Gasteiger partial charge in [0.1, 0.15) is 0 Å². The molecule has 2 N–H and O–H groups in total. The fourth-order valence-corrected chi connectivity index (χ4v) is 3.27. The molecule has 5 heteroatoms. The molecule has 2 aromatic rings. The highest BCUT2D eigenvalue weighted by atomic mass is 16.2. The van der Waals surface area contributed by atoms with Gasteiger partial charge in [-0.05, 0) is 42.5 Å². The molecule has 122 valence electrons. The summed E-state index contributed by atoms with van der Waals surface area (Å²) in [5.74, 6) is 0.833. The van der Waals surface area contributed by atoms with Crippen LogP contribution in [0, 0.1) is 5.92 Å². The summed E-state index contributed by atoms with van der Waals surface area (Å²) in [6.07, 6.45) is 6.17. The number of likely N-dealkylation sites (tertiary alicyclic amines) is 1. The number of hydrogen-bond donors (Lipinski definition) is 1. The number of piperidine rings is 1. The lowest BCUT2D eigenvalue weighted by Crippen LogP contribution is -2.49. The molecule has 1 aromatic carbocycles. The van der Waals surface area contributed by atoms with Crippen molar-refractivity contribution in [3.05, 3.63) is 48.3 Å². The lowest BCUT2D eigenvalue weighted by atomic mass is 9.92. The zero-order chi connectivity index (χ0) is 16.2. The van der Waals surface area contributed by atoms with Crippen molar-refractivity contribution in [2.75, 3.05) is 13.1 Å². The predicted molar refractivity (Wildman–Crippen MR) is 90.2 cm³/mol. The summed E-state index contributed by atoms with van der Waals surface area (Å²) >= 11 is 0. The molecule has 2 unspecified atom stereocenters. The van der Waals surface area contributed by atoms with E-state index in [0.29, 0.717) is 18.9 Å². The smallest absolute Gasteiger partial charge is 0.227 e. The molecule has 0 spiro atoms. The van der Waals surface area contributed by atoms with Crippen molar-refractivity contribution in [3.63, 3.8) is 0 Å². The van der Waals surface area contributed by atoms with Crippen molar-refractivity contribution in [1.82, 2.24) is 14.7 Å². The van der Waals surface area contributed by atoms with Gasteiger partial charge >= 0.3 is 0 Å². The van der Waals surface area contributed by atoms with Crippen LogP contribution in [-0.4, -0.2) is 39.7 Å². The van der Waals surface area contributed by atoms with Gasteiger partial charge in [-0.2, -0.15) is 5.10 Å². The third kappa shape index (κ3) is 3.62. The Hall–Kier alpha value is -2.14. The molecule has 1 aliphatic heterocycles. The minimum absolute atomic E-state index is 0.180. The van der Waals surface area contributed by atoms with Crippen LogP contribution >= 0.6 is 0 Å². The van der Waals surface area contributed by atoms with E-state index in [9.17, 15) is 4.79 Å². The van der Waals surface area contributed by atoms with Crippen LogP contribution in [0.25, 0.3) is 5.69 Å². The SMILES string of the molecule is CC1CCN(C(=O)Cc2ccc(-n3cccn3)cc2)C(CN)C1. The molecule has 1 amide bonds. The lowest BCUT2D eigenvalue weighted by molar-refractivity contribution is -0.134. The normalized spacial score (nSPS) is 21.4. The summed E-state index contributed by atoms with van der Waals surface area (Å²) < 4.78 is 1.81. The molecule has 1 aromatic heterocycles. The Bertz CT molecular complexity index is 636. The van der Waals surface area contributed by atoms with E-state index in [0.717, 1.165) is 30.6 Å². The second-order valence-corrected chi connectivity index (χ2v) is 6.40. The number of benzene rings is 1. The van der Waals surface area contributed by atoms with Gasteiger partial charge in [0.25, 0.3) is 0 Å². The largest absolute Gasteiger partial charge is 0.338 e. The summed E-state index contributed by atoms with van der Waals surface area (Å²) in [5.41, 5.74) is 7.88. The van der Waals surface area contributed by atoms with Gasteiger partial charge in [-0.1, -0.05) is 19.1 Å². The zero-order valence-electron chi connectivity index (χ0n) is 13.6. The van der Waals surface area contributed by atoms with Crippen LogP contribution in [0.1, 0.15) is 25.3 Å². The van der Waals surface area contributed by atoms with E-state index in [1.807, 2.05) is 46.1 Å². The van der Waals surface area contributed by atoms with Gasteiger partial charge in [-0.3, -0.25) is 4.79 Å². The molecule has 2 atom stereocenters. The Morgan fingerprint density at radius 1 is 1.35 bits per heavy atom. The first kappa shape index (κ1) is 15.7. The number of nitrogens with two attached hydrogens (primary N) is 1.